The Kier molecular flexibility index (Phi) is 8.77. The van der Waals surface area contributed by atoms with E-state index in [4.69, 9.17) is 16.3 Å². The van der Waals surface area contributed by atoms with Crippen LogP contribution >= 0.6 is 11.6 Å². The Labute approximate surface area is 217 Å². The minimum Gasteiger partial charge on any atom is -0.495 e. The number of amides is 1. The summed E-state index contributed by atoms with van der Waals surface area (Å²) in [6.07, 6.45) is 11.2. The molecular formula is C26H34ClN7O2. The first-order valence-corrected chi connectivity index (χ1v) is 12.8. The number of methoxy groups -OCH3 is 1. The number of hydrogen-bond acceptors (Lipinski definition) is 7. The number of aromatic nitrogens is 4. The Bertz CT molecular complexity index is 1160. The van der Waals surface area contributed by atoms with Crippen LogP contribution in [0.25, 0.3) is 0 Å². The smallest absolute Gasteiger partial charge is 0.251 e. The van der Waals surface area contributed by atoms with Crippen LogP contribution in [0.1, 0.15) is 41.3 Å². The zero-order valence-corrected chi connectivity index (χ0v) is 21.9. The Morgan fingerprint density at radius 2 is 1.92 bits per heavy atom. The van der Waals surface area contributed by atoms with Crippen LogP contribution in [0.4, 0.5) is 11.6 Å². The van der Waals surface area contributed by atoms with Crippen molar-refractivity contribution in [1.82, 2.24) is 30.0 Å². The predicted octanol–water partition coefficient (Wildman–Crippen LogP) is 3.96. The number of nitrogens with one attached hydrogen (secondary N) is 2. The highest BCUT2D eigenvalue weighted by Gasteiger charge is 2.19. The maximum atomic E-state index is 12.1. The van der Waals surface area contributed by atoms with Gasteiger partial charge in [-0.05, 0) is 74.5 Å². The first-order valence-electron chi connectivity index (χ1n) is 12.4. The van der Waals surface area contributed by atoms with Gasteiger partial charge in [-0.2, -0.15) is 5.10 Å². The SMILES string of the molecule is CCN1CCC(Cn2cc(Nc3ncc(CCc4cc(C(=O)NC)cc(OC)c4Cl)cn3)cn2)CC1. The highest BCUT2D eigenvalue weighted by atomic mass is 35.5. The van der Waals surface area contributed by atoms with Gasteiger partial charge in [0.1, 0.15) is 5.75 Å². The quantitative estimate of drug-likeness (QED) is 0.425. The van der Waals surface area contributed by atoms with Gasteiger partial charge in [-0.3, -0.25) is 9.48 Å². The van der Waals surface area contributed by atoms with E-state index in [1.807, 2.05) is 17.1 Å². The predicted molar refractivity (Wildman–Crippen MR) is 141 cm³/mol. The van der Waals surface area contributed by atoms with E-state index in [0.717, 1.165) is 29.9 Å². The summed E-state index contributed by atoms with van der Waals surface area (Å²) >= 11 is 6.48. The summed E-state index contributed by atoms with van der Waals surface area (Å²) in [5.74, 6) is 1.49. The summed E-state index contributed by atoms with van der Waals surface area (Å²) < 4.78 is 7.35. The molecule has 0 bridgehead atoms. The fourth-order valence-corrected chi connectivity index (χ4v) is 4.78. The number of anilines is 2. The molecule has 1 amide bonds. The average Bonchev–Trinajstić information content (AvgIpc) is 3.35. The van der Waals surface area contributed by atoms with Crippen LogP contribution in [0, 0.1) is 5.92 Å². The van der Waals surface area contributed by atoms with Crippen molar-refractivity contribution in [2.75, 3.05) is 39.1 Å². The fraction of sp³-hybridized carbons (Fsp3) is 0.462. The van der Waals surface area contributed by atoms with Crippen molar-refractivity contribution in [3.8, 4) is 5.75 Å². The molecule has 1 saturated heterocycles. The standard InChI is InChI=1S/C26H34ClN7O2/c1-4-33-9-7-18(8-10-33)16-34-17-22(15-31-34)32-26-29-13-19(14-30-26)5-6-20-11-21(25(35)28-2)12-23(36-3)24(20)27/h11-15,17-18H,4-10,16H2,1-3H3,(H,28,35)(H,29,30,32). The molecule has 0 aliphatic carbocycles. The Morgan fingerprint density at radius 3 is 2.58 bits per heavy atom. The number of nitrogens with zero attached hydrogens (tertiary/aromatic N) is 5. The Hall–Kier alpha value is -3.17. The van der Waals surface area contributed by atoms with Gasteiger partial charge in [-0.15, -0.1) is 0 Å². The van der Waals surface area contributed by atoms with Crippen LogP contribution in [0.5, 0.6) is 5.75 Å². The minimum atomic E-state index is -0.185. The van der Waals surface area contributed by atoms with Crippen LogP contribution in [0.2, 0.25) is 5.02 Å². The van der Waals surface area contributed by atoms with Crippen LogP contribution in [0.15, 0.2) is 36.9 Å². The lowest BCUT2D eigenvalue weighted by Gasteiger charge is -2.30. The zero-order chi connectivity index (χ0) is 25.5. The number of piperidine rings is 1. The van der Waals surface area contributed by atoms with E-state index >= 15 is 0 Å². The van der Waals surface area contributed by atoms with Crippen LogP contribution in [-0.2, 0) is 19.4 Å². The molecule has 0 radical (unpaired) electrons. The van der Waals surface area contributed by atoms with E-state index in [9.17, 15) is 4.79 Å². The van der Waals surface area contributed by atoms with Gasteiger partial charge in [0.2, 0.25) is 5.95 Å². The third-order valence-electron chi connectivity index (χ3n) is 6.70. The molecule has 2 N–H and O–H groups in total. The number of likely N-dealkylation sites (tertiary alicyclic amines) is 1. The van der Waals surface area contributed by atoms with Gasteiger partial charge in [0.25, 0.3) is 5.91 Å². The van der Waals surface area contributed by atoms with Crippen LogP contribution < -0.4 is 15.4 Å². The van der Waals surface area contributed by atoms with Crippen molar-refractivity contribution in [3.63, 3.8) is 0 Å². The molecule has 1 aromatic carbocycles. The van der Waals surface area contributed by atoms with Crippen molar-refractivity contribution >= 4 is 29.1 Å². The molecule has 1 aliphatic heterocycles. The summed E-state index contributed by atoms with van der Waals surface area (Å²) in [5, 5.41) is 10.9. The van der Waals surface area contributed by atoms with E-state index in [-0.39, 0.29) is 5.91 Å². The molecule has 10 heteroatoms. The Balaban J connectivity index is 1.32. The van der Waals surface area contributed by atoms with E-state index in [1.165, 1.54) is 33.0 Å². The highest BCUT2D eigenvalue weighted by Crippen LogP contribution is 2.31. The molecule has 2 aromatic heterocycles. The second kappa shape index (κ2) is 12.2. The summed E-state index contributed by atoms with van der Waals surface area (Å²) in [4.78, 5) is 23.5. The third-order valence-corrected chi connectivity index (χ3v) is 7.13. The van der Waals surface area contributed by atoms with E-state index < -0.39 is 0 Å². The molecule has 3 heterocycles. The normalized spacial score (nSPS) is 14.6. The molecule has 1 aliphatic rings. The molecule has 0 unspecified atom stereocenters. The minimum absolute atomic E-state index is 0.185. The van der Waals surface area contributed by atoms with Crippen LogP contribution in [-0.4, -0.2) is 64.3 Å². The number of carbonyl (C=O) groups excluding carboxylic acids is 1. The van der Waals surface area contributed by atoms with Crippen molar-refractivity contribution in [2.45, 2.75) is 39.2 Å². The van der Waals surface area contributed by atoms with Crippen molar-refractivity contribution < 1.29 is 9.53 Å². The molecule has 0 saturated carbocycles. The molecule has 4 rings (SSSR count). The largest absolute Gasteiger partial charge is 0.495 e. The molecule has 192 valence electrons. The van der Waals surface area contributed by atoms with E-state index in [1.54, 1.807) is 31.6 Å². The van der Waals surface area contributed by atoms with Gasteiger partial charge in [0.15, 0.2) is 0 Å². The molecule has 0 spiro atoms. The fourth-order valence-electron chi connectivity index (χ4n) is 4.50. The highest BCUT2D eigenvalue weighted by molar-refractivity contribution is 6.33. The molecule has 1 fully saturated rings. The van der Waals surface area contributed by atoms with Crippen LogP contribution in [0.3, 0.4) is 0 Å². The van der Waals surface area contributed by atoms with Gasteiger partial charge in [0.05, 0.1) is 24.0 Å². The number of benzene rings is 1. The topological polar surface area (TPSA) is 97.2 Å². The van der Waals surface area contributed by atoms with E-state index in [0.29, 0.717) is 41.0 Å². The Morgan fingerprint density at radius 1 is 1.17 bits per heavy atom. The lowest BCUT2D eigenvalue weighted by Crippen LogP contribution is -2.34. The number of aryl methyl sites for hydroxylation is 2. The van der Waals surface area contributed by atoms with Crippen molar-refractivity contribution in [1.29, 1.82) is 0 Å². The summed E-state index contributed by atoms with van der Waals surface area (Å²) in [7, 11) is 3.13. The number of hydrogen-bond donors (Lipinski definition) is 2. The lowest BCUT2D eigenvalue weighted by molar-refractivity contribution is 0.0962. The first-order chi connectivity index (χ1) is 17.5. The molecule has 3 aromatic rings. The second-order valence-electron chi connectivity index (χ2n) is 9.10. The van der Waals surface area contributed by atoms with Gasteiger partial charge < -0.3 is 20.3 Å². The number of rotatable bonds is 10. The van der Waals surface area contributed by atoms with Crippen molar-refractivity contribution in [3.05, 3.63) is 58.6 Å². The maximum absolute atomic E-state index is 12.1. The molecule has 0 atom stereocenters. The third kappa shape index (κ3) is 6.53. The zero-order valence-electron chi connectivity index (χ0n) is 21.1. The first kappa shape index (κ1) is 25.9. The monoisotopic (exact) mass is 511 g/mol. The molecule has 36 heavy (non-hydrogen) atoms. The van der Waals surface area contributed by atoms with Gasteiger partial charge >= 0.3 is 0 Å². The molecular weight excluding hydrogens is 478 g/mol. The lowest BCUT2D eigenvalue weighted by atomic mass is 9.97. The number of ether oxygens (including phenoxy) is 1. The van der Waals surface area contributed by atoms with Gasteiger partial charge in [0, 0.05) is 37.7 Å². The second-order valence-corrected chi connectivity index (χ2v) is 9.48. The number of halogens is 1. The average molecular weight is 512 g/mol. The maximum Gasteiger partial charge on any atom is 0.251 e. The summed E-state index contributed by atoms with van der Waals surface area (Å²) in [5.41, 5.74) is 3.19. The number of carbonyl (C=O) groups is 1. The van der Waals surface area contributed by atoms with E-state index in [2.05, 4.69) is 37.5 Å². The summed E-state index contributed by atoms with van der Waals surface area (Å²) in [6, 6.07) is 3.44. The summed E-state index contributed by atoms with van der Waals surface area (Å²) in [6.45, 7) is 6.64. The van der Waals surface area contributed by atoms with Crippen molar-refractivity contribution in [2.24, 2.45) is 5.92 Å². The van der Waals surface area contributed by atoms with Gasteiger partial charge in [-0.25, -0.2) is 9.97 Å². The molecule has 9 nitrogen and oxygen atoms in total. The van der Waals surface area contributed by atoms with Gasteiger partial charge in [-0.1, -0.05) is 18.5 Å².